The molecule has 0 saturated heterocycles. The summed E-state index contributed by atoms with van der Waals surface area (Å²) < 4.78 is 0. The van der Waals surface area contributed by atoms with Gasteiger partial charge in [-0.05, 0) is 0 Å². The molecule has 0 atom stereocenters. The summed E-state index contributed by atoms with van der Waals surface area (Å²) in [6, 6.07) is 0. The number of rotatable bonds is 0. The molecule has 2 radical (unpaired) electrons. The molecule has 0 fully saturated rings. The summed E-state index contributed by atoms with van der Waals surface area (Å²) in [6.07, 6.45) is 0. The minimum absolute atomic E-state index is 0. The topological polar surface area (TPSA) is 265 Å². The van der Waals surface area contributed by atoms with Crippen molar-refractivity contribution in [1.29, 1.82) is 0 Å². The van der Waals surface area contributed by atoms with Gasteiger partial charge in [0.05, 0.1) is 20.3 Å². The first-order valence-corrected chi connectivity index (χ1v) is 2.19. The van der Waals surface area contributed by atoms with Gasteiger partial charge in [0, 0.05) is 0 Å². The molecule has 0 N–H and O–H groups in total. The van der Waals surface area contributed by atoms with Crippen molar-refractivity contribution in [2.45, 2.75) is 0 Å². The molecule has 0 saturated carbocycles. The van der Waals surface area contributed by atoms with Crippen LogP contribution < -0.4 is 29.6 Å². The fourth-order valence-corrected chi connectivity index (χ4v) is 0. The summed E-state index contributed by atoms with van der Waals surface area (Å²) in [4.78, 5) is 33.0. The molecule has 0 aliphatic heterocycles. The third-order valence-electron chi connectivity index (χ3n) is 0. The Morgan fingerprint density at radius 1 is 0.444 bits per heavy atom. The van der Waals surface area contributed by atoms with E-state index in [2.05, 4.69) is 0 Å². The molecule has 0 aromatic rings. The van der Waals surface area contributed by atoms with E-state index in [0.717, 1.165) is 0 Å². The zero-order valence-corrected chi connectivity index (χ0v) is 12.7. The zero-order valence-electron chi connectivity index (χ0n) is 8.14. The largest absolute Gasteiger partial charge is 3.00 e. The summed E-state index contributed by atoms with van der Waals surface area (Å²) in [6.45, 7) is 0. The molecule has 0 aliphatic rings. The van der Waals surface area contributed by atoms with Gasteiger partial charge < -0.3 is 61.3 Å². The Kier molecular flexibility index (Phi) is 59.1. The maximum absolute atomic E-state index is 8.25. The molecular formula is N4NaO12Sb. The van der Waals surface area contributed by atoms with E-state index in [1.807, 2.05) is 0 Å². The Labute approximate surface area is 135 Å². The normalized spacial score (nSPS) is 5.33. The molecule has 0 bridgehead atoms. The number of hydrogen-bond donors (Lipinski definition) is 0. The van der Waals surface area contributed by atoms with Crippen LogP contribution in [0.5, 0.6) is 0 Å². The minimum atomic E-state index is -1.75. The van der Waals surface area contributed by atoms with Crippen molar-refractivity contribution in [3.05, 3.63) is 61.3 Å². The van der Waals surface area contributed by atoms with Gasteiger partial charge in [-0.2, -0.15) is 0 Å². The predicted molar refractivity (Wildman–Crippen MR) is 47.2 cm³/mol. The second kappa shape index (κ2) is 29.6. The van der Waals surface area contributed by atoms with E-state index in [1.54, 1.807) is 0 Å². The Hall–Kier alpha value is -1.38. The smallest absolute Gasteiger partial charge is 0.356 e. The van der Waals surface area contributed by atoms with Gasteiger partial charge in [0.1, 0.15) is 0 Å². The first-order chi connectivity index (χ1) is 6.93. The number of nitrogens with zero attached hydrogens (tertiary/aromatic N) is 4. The van der Waals surface area contributed by atoms with E-state index in [9.17, 15) is 0 Å². The molecule has 0 aliphatic carbocycles. The average Bonchev–Trinajstić information content (AvgIpc) is 1.76. The van der Waals surface area contributed by atoms with Crippen molar-refractivity contribution in [2.24, 2.45) is 0 Å². The summed E-state index contributed by atoms with van der Waals surface area (Å²) in [5, 5.41) is 59.0. The van der Waals surface area contributed by atoms with Gasteiger partial charge in [-0.1, -0.05) is 0 Å². The van der Waals surface area contributed by atoms with Crippen LogP contribution in [0.3, 0.4) is 0 Å². The molecule has 0 unspecified atom stereocenters. The maximum atomic E-state index is 8.25. The van der Waals surface area contributed by atoms with Crippen molar-refractivity contribution in [1.82, 2.24) is 0 Å². The summed E-state index contributed by atoms with van der Waals surface area (Å²) >= 11 is 0. The van der Waals surface area contributed by atoms with Crippen LogP contribution in [-0.4, -0.2) is 44.8 Å². The molecule has 0 amide bonds. The zero-order chi connectivity index (χ0) is 14.3. The van der Waals surface area contributed by atoms with E-state index >= 15 is 0 Å². The van der Waals surface area contributed by atoms with Crippen LogP contribution >= 0.6 is 0 Å². The van der Waals surface area contributed by atoms with Crippen LogP contribution in [0.15, 0.2) is 0 Å². The molecule has 98 valence electrons. The van der Waals surface area contributed by atoms with Crippen LogP contribution in [0.25, 0.3) is 0 Å². The monoisotopic (exact) mass is 392 g/mol. The maximum Gasteiger partial charge on any atom is 3.00 e. The van der Waals surface area contributed by atoms with Crippen molar-refractivity contribution >= 4 is 24.4 Å². The molecule has 0 aromatic carbocycles. The van der Waals surface area contributed by atoms with E-state index < -0.39 is 20.3 Å². The molecule has 18 heteroatoms. The van der Waals surface area contributed by atoms with Crippen LogP contribution in [0, 0.1) is 61.3 Å². The summed E-state index contributed by atoms with van der Waals surface area (Å²) in [7, 11) is 0. The Morgan fingerprint density at radius 2 is 0.444 bits per heavy atom. The Bertz CT molecular complexity index is 164. The van der Waals surface area contributed by atoms with Crippen LogP contribution in [0.4, 0.5) is 0 Å². The van der Waals surface area contributed by atoms with E-state index in [4.69, 9.17) is 61.3 Å². The van der Waals surface area contributed by atoms with Gasteiger partial charge in [0.2, 0.25) is 0 Å². The van der Waals surface area contributed by atoms with Gasteiger partial charge in [-0.3, -0.25) is 0 Å². The molecule has 16 nitrogen and oxygen atoms in total. The second-order valence-corrected chi connectivity index (χ2v) is 0.894. The van der Waals surface area contributed by atoms with E-state index in [0.29, 0.717) is 0 Å². The third kappa shape index (κ3) is 1420. The minimum Gasteiger partial charge on any atom is -0.356 e. The third-order valence-corrected chi connectivity index (χ3v) is 0. The summed E-state index contributed by atoms with van der Waals surface area (Å²) in [5.41, 5.74) is 0. The first-order valence-electron chi connectivity index (χ1n) is 2.19. The molecule has 0 spiro atoms. The Morgan fingerprint density at radius 3 is 0.444 bits per heavy atom. The molecule has 0 heterocycles. The average molecular weight is 393 g/mol. The van der Waals surface area contributed by atoms with Crippen LogP contribution in [0.2, 0.25) is 0 Å². The van der Waals surface area contributed by atoms with Crippen LogP contribution in [-0.2, 0) is 0 Å². The molecule has 18 heavy (non-hydrogen) atoms. The van der Waals surface area contributed by atoms with Gasteiger partial charge in [0.25, 0.3) is 0 Å². The number of hydrogen-bond acceptors (Lipinski definition) is 12. The fraction of sp³-hybridized carbons (Fsp3) is 0. The quantitative estimate of drug-likeness (QED) is 0.215. The van der Waals surface area contributed by atoms with Gasteiger partial charge in [-0.25, -0.2) is 0 Å². The fourth-order valence-electron chi connectivity index (χ4n) is 0. The van der Waals surface area contributed by atoms with Crippen LogP contribution in [0.1, 0.15) is 0 Å². The van der Waals surface area contributed by atoms with Gasteiger partial charge in [-0.15, -0.1) is 0 Å². The van der Waals surface area contributed by atoms with Crippen molar-refractivity contribution in [3.63, 3.8) is 0 Å². The molecule has 0 aromatic heterocycles. The molecular weight excluding hydrogens is 393 g/mol. The second-order valence-electron chi connectivity index (χ2n) is 0.894. The van der Waals surface area contributed by atoms with Gasteiger partial charge in [0.15, 0.2) is 0 Å². The SMILES string of the molecule is O=[N+]([O-])[O-].O=[N+]([O-])[O-].O=[N+]([O-])[O-].O=[N+]([O-])[O-].[Na+].[Sb+3]. The van der Waals surface area contributed by atoms with E-state index in [1.165, 1.54) is 0 Å². The standard InChI is InChI=1S/4NO3.Na.Sb/c4*2-1(3)4;;/q4*-1;+1;+3. The van der Waals surface area contributed by atoms with Crippen molar-refractivity contribution in [2.75, 3.05) is 0 Å². The Balaban J connectivity index is -0.0000000257. The molecule has 0 rings (SSSR count). The van der Waals surface area contributed by atoms with Crippen molar-refractivity contribution in [3.8, 4) is 0 Å². The predicted octanol–water partition coefficient (Wildman–Crippen LogP) is -4.33. The van der Waals surface area contributed by atoms with E-state index in [-0.39, 0.29) is 54.0 Å². The van der Waals surface area contributed by atoms with Gasteiger partial charge >= 0.3 is 54.0 Å². The summed E-state index contributed by atoms with van der Waals surface area (Å²) in [5.74, 6) is 0. The van der Waals surface area contributed by atoms with Crippen molar-refractivity contribution < 1.29 is 49.9 Å². The first kappa shape index (κ1) is 36.0.